The molecular formula is C26H37N3O4. The molecular weight excluding hydrogens is 418 g/mol. The smallest absolute Gasteiger partial charge is 0.247 e. The third kappa shape index (κ3) is 4.69. The second-order valence-corrected chi connectivity index (χ2v) is 9.90. The number of rotatable bonds is 7. The number of likely N-dealkylation sites (tertiary alicyclic amines) is 1. The number of fused-ring (bicyclic) bond motifs is 1. The van der Waals surface area contributed by atoms with Gasteiger partial charge in [-0.1, -0.05) is 51.1 Å². The van der Waals surface area contributed by atoms with E-state index in [1.165, 1.54) is 0 Å². The van der Waals surface area contributed by atoms with Gasteiger partial charge in [0.2, 0.25) is 17.7 Å². The number of allylic oxidation sites excluding steroid dienone is 1. The number of carbonyl (C=O) groups excluding carboxylic acids is 3. The van der Waals surface area contributed by atoms with Crippen molar-refractivity contribution in [3.8, 4) is 0 Å². The first kappa shape index (κ1) is 25.0. The van der Waals surface area contributed by atoms with Crippen molar-refractivity contribution in [1.29, 1.82) is 0 Å². The van der Waals surface area contributed by atoms with E-state index in [2.05, 4.69) is 10.6 Å². The van der Waals surface area contributed by atoms with Crippen LogP contribution in [0.2, 0.25) is 0 Å². The lowest BCUT2D eigenvalue weighted by Crippen LogP contribution is -2.51. The maximum absolute atomic E-state index is 13.8. The summed E-state index contributed by atoms with van der Waals surface area (Å²) >= 11 is 0. The molecule has 7 heteroatoms. The summed E-state index contributed by atoms with van der Waals surface area (Å²) in [4.78, 5) is 41.9. The molecule has 180 valence electrons. The van der Waals surface area contributed by atoms with E-state index in [1.54, 1.807) is 11.9 Å². The Balaban J connectivity index is 2.06. The quantitative estimate of drug-likeness (QED) is 0.551. The number of hydrogen-bond acceptors (Lipinski definition) is 4. The molecule has 0 spiro atoms. The van der Waals surface area contributed by atoms with Gasteiger partial charge in [0.05, 0.1) is 24.5 Å². The number of aryl methyl sites for hydroxylation is 2. The molecule has 7 nitrogen and oxygen atoms in total. The van der Waals surface area contributed by atoms with Crippen molar-refractivity contribution in [1.82, 2.24) is 10.2 Å². The molecule has 1 aromatic carbocycles. The molecule has 2 aliphatic rings. The molecule has 1 heterocycles. The normalized spacial score (nSPS) is 27.5. The largest absolute Gasteiger partial charge is 0.394 e. The van der Waals surface area contributed by atoms with Crippen LogP contribution in [0, 0.1) is 43.4 Å². The molecule has 1 saturated heterocycles. The molecule has 1 aliphatic heterocycles. The van der Waals surface area contributed by atoms with Crippen LogP contribution in [0.4, 0.5) is 5.69 Å². The van der Waals surface area contributed by atoms with Gasteiger partial charge in [0, 0.05) is 18.7 Å². The Morgan fingerprint density at radius 3 is 2.30 bits per heavy atom. The van der Waals surface area contributed by atoms with E-state index in [1.807, 2.05) is 65.0 Å². The Hall–Kier alpha value is -2.67. The van der Waals surface area contributed by atoms with Crippen molar-refractivity contribution >= 4 is 23.4 Å². The van der Waals surface area contributed by atoms with Crippen LogP contribution in [-0.2, 0) is 14.4 Å². The summed E-state index contributed by atoms with van der Waals surface area (Å²) in [6, 6.07) is 4.51. The van der Waals surface area contributed by atoms with Crippen molar-refractivity contribution in [3.05, 3.63) is 41.5 Å². The van der Waals surface area contributed by atoms with Crippen LogP contribution in [0.3, 0.4) is 0 Å². The fraction of sp³-hybridized carbons (Fsp3) is 0.577. The number of para-hydroxylation sites is 1. The average molecular weight is 456 g/mol. The molecule has 0 saturated carbocycles. The van der Waals surface area contributed by atoms with Crippen LogP contribution in [0.25, 0.3) is 0 Å². The van der Waals surface area contributed by atoms with Crippen molar-refractivity contribution < 1.29 is 19.5 Å². The number of carbonyl (C=O) groups is 3. The van der Waals surface area contributed by atoms with Gasteiger partial charge in [0.1, 0.15) is 6.04 Å². The first-order valence-electron chi connectivity index (χ1n) is 11.8. The summed E-state index contributed by atoms with van der Waals surface area (Å²) in [5.74, 6) is -2.26. The van der Waals surface area contributed by atoms with Crippen molar-refractivity contribution in [2.75, 3.05) is 19.0 Å². The molecule has 1 aromatic rings. The Morgan fingerprint density at radius 2 is 1.76 bits per heavy atom. The predicted octanol–water partition coefficient (Wildman–Crippen LogP) is 2.66. The standard InChI is InChI=1S/C26H37N3O4/c1-14(2)12-18(13-30)29-23(25(32)28-22-16(4)8-7-9-17(22)5)19-11-10-15(3)20(24(31)27-6)21(19)26(29)33/h7-11,14-15,18-21,23,30H,12-13H2,1-6H3,(H,27,31)(H,28,32)/t15-,18-,19+,20-,21-,23+/m1/s1. The molecule has 3 N–H and O–H groups in total. The number of benzene rings is 1. The fourth-order valence-electron chi connectivity index (χ4n) is 5.53. The number of aliphatic hydroxyl groups excluding tert-OH is 1. The first-order chi connectivity index (χ1) is 15.6. The van der Waals surface area contributed by atoms with Crippen LogP contribution in [0.1, 0.15) is 38.3 Å². The van der Waals surface area contributed by atoms with E-state index >= 15 is 0 Å². The Kier molecular flexibility index (Phi) is 7.62. The number of aliphatic hydroxyl groups is 1. The molecule has 3 amide bonds. The zero-order chi connectivity index (χ0) is 24.4. The van der Waals surface area contributed by atoms with Crippen LogP contribution in [0.15, 0.2) is 30.4 Å². The maximum atomic E-state index is 13.8. The van der Waals surface area contributed by atoms with Gasteiger partial charge >= 0.3 is 0 Å². The lowest BCUT2D eigenvalue weighted by molar-refractivity contribution is -0.142. The molecule has 33 heavy (non-hydrogen) atoms. The molecule has 0 unspecified atom stereocenters. The third-order valence-electron chi connectivity index (χ3n) is 7.10. The fourth-order valence-corrected chi connectivity index (χ4v) is 5.53. The lowest BCUT2D eigenvalue weighted by atomic mass is 9.70. The Morgan fingerprint density at radius 1 is 1.12 bits per heavy atom. The lowest BCUT2D eigenvalue weighted by Gasteiger charge is -2.34. The van der Waals surface area contributed by atoms with Gasteiger partial charge in [0.25, 0.3) is 0 Å². The van der Waals surface area contributed by atoms with Gasteiger partial charge in [-0.05, 0) is 43.2 Å². The van der Waals surface area contributed by atoms with Gasteiger partial charge in [-0.3, -0.25) is 14.4 Å². The van der Waals surface area contributed by atoms with Gasteiger partial charge in [-0.15, -0.1) is 0 Å². The van der Waals surface area contributed by atoms with Gasteiger partial charge in [-0.25, -0.2) is 0 Å². The summed E-state index contributed by atoms with van der Waals surface area (Å²) in [6.45, 7) is 9.60. The predicted molar refractivity (Wildman–Crippen MR) is 128 cm³/mol. The van der Waals surface area contributed by atoms with Crippen molar-refractivity contribution in [3.63, 3.8) is 0 Å². The summed E-state index contributed by atoms with van der Waals surface area (Å²) < 4.78 is 0. The van der Waals surface area contributed by atoms with Crippen LogP contribution >= 0.6 is 0 Å². The highest BCUT2D eigenvalue weighted by Crippen LogP contribution is 2.45. The second kappa shape index (κ2) is 10.1. The molecule has 0 aromatic heterocycles. The van der Waals surface area contributed by atoms with E-state index in [4.69, 9.17) is 0 Å². The second-order valence-electron chi connectivity index (χ2n) is 9.90. The van der Waals surface area contributed by atoms with Crippen LogP contribution < -0.4 is 10.6 Å². The van der Waals surface area contributed by atoms with E-state index in [0.717, 1.165) is 16.8 Å². The number of amides is 3. The minimum Gasteiger partial charge on any atom is -0.394 e. The average Bonchev–Trinajstić information content (AvgIpc) is 3.06. The van der Waals surface area contributed by atoms with Crippen molar-refractivity contribution in [2.24, 2.45) is 29.6 Å². The first-order valence-corrected chi connectivity index (χ1v) is 11.8. The molecule has 1 aliphatic carbocycles. The zero-order valence-corrected chi connectivity index (χ0v) is 20.5. The van der Waals surface area contributed by atoms with E-state index in [9.17, 15) is 19.5 Å². The van der Waals surface area contributed by atoms with Crippen molar-refractivity contribution in [2.45, 2.75) is 53.1 Å². The summed E-state index contributed by atoms with van der Waals surface area (Å²) in [5.41, 5.74) is 2.61. The summed E-state index contributed by atoms with van der Waals surface area (Å²) in [6.07, 6.45) is 4.43. The minimum absolute atomic E-state index is 0.130. The summed E-state index contributed by atoms with van der Waals surface area (Å²) in [5, 5.41) is 16.0. The third-order valence-corrected chi connectivity index (χ3v) is 7.10. The molecule has 0 radical (unpaired) electrons. The number of nitrogens with zero attached hydrogens (tertiary/aromatic N) is 1. The Bertz CT molecular complexity index is 921. The number of nitrogens with one attached hydrogen (secondary N) is 2. The van der Waals surface area contributed by atoms with E-state index < -0.39 is 29.8 Å². The van der Waals surface area contributed by atoms with Crippen LogP contribution in [-0.4, -0.2) is 53.5 Å². The monoisotopic (exact) mass is 455 g/mol. The van der Waals surface area contributed by atoms with Gasteiger partial charge in [-0.2, -0.15) is 0 Å². The molecule has 1 fully saturated rings. The molecule has 3 rings (SSSR count). The summed E-state index contributed by atoms with van der Waals surface area (Å²) in [7, 11) is 1.57. The molecule has 0 bridgehead atoms. The highest BCUT2D eigenvalue weighted by molar-refractivity contribution is 6.02. The molecule has 6 atom stereocenters. The van der Waals surface area contributed by atoms with Gasteiger partial charge in [0.15, 0.2) is 0 Å². The zero-order valence-electron chi connectivity index (χ0n) is 20.5. The highest BCUT2D eigenvalue weighted by Gasteiger charge is 2.58. The van der Waals surface area contributed by atoms with E-state index in [-0.39, 0.29) is 36.2 Å². The number of anilines is 1. The minimum atomic E-state index is -0.798. The van der Waals surface area contributed by atoms with Crippen LogP contribution in [0.5, 0.6) is 0 Å². The number of hydrogen-bond donors (Lipinski definition) is 3. The van der Waals surface area contributed by atoms with E-state index in [0.29, 0.717) is 6.42 Å². The SMILES string of the molecule is CNC(=O)[C@H]1[C@@H]2C(=O)N([C@@H](CO)CC(C)C)[C@H](C(=O)Nc3c(C)cccc3C)[C@H]2C=C[C@H]1C. The maximum Gasteiger partial charge on any atom is 0.247 e. The highest BCUT2D eigenvalue weighted by atomic mass is 16.3. The Labute approximate surface area is 196 Å². The topological polar surface area (TPSA) is 98.7 Å². The van der Waals surface area contributed by atoms with Gasteiger partial charge < -0.3 is 20.6 Å².